The molecule has 0 aliphatic heterocycles. The van der Waals surface area contributed by atoms with Crippen molar-refractivity contribution in [2.24, 2.45) is 0 Å². The van der Waals surface area contributed by atoms with Crippen LogP contribution < -0.4 is 5.32 Å². The van der Waals surface area contributed by atoms with Crippen LogP contribution in [0.4, 0.5) is 5.69 Å². The molecule has 118 valence electrons. The zero-order valence-electron chi connectivity index (χ0n) is 12.0. The highest BCUT2D eigenvalue weighted by atomic mass is 32.2. The molecule has 0 saturated carbocycles. The van der Waals surface area contributed by atoms with E-state index in [0.29, 0.717) is 0 Å². The zero-order valence-corrected chi connectivity index (χ0v) is 13.7. The molecule has 0 bridgehead atoms. The molecule has 0 spiro atoms. The average molecular weight is 335 g/mol. The number of nitrogens with one attached hydrogen (secondary N) is 1. The number of benzene rings is 1. The molecule has 2 N–H and O–H groups in total. The molecule has 7 nitrogen and oxygen atoms in total. The Balaban J connectivity index is 3.52. The van der Waals surface area contributed by atoms with Gasteiger partial charge in [0.05, 0.1) is 15.5 Å². The van der Waals surface area contributed by atoms with Crippen LogP contribution in [0.15, 0.2) is 28.0 Å². The van der Waals surface area contributed by atoms with E-state index in [-0.39, 0.29) is 15.5 Å². The number of hydrogen-bond donors (Lipinski definition) is 2. The van der Waals surface area contributed by atoms with E-state index in [2.05, 4.69) is 5.32 Å². The van der Waals surface area contributed by atoms with Gasteiger partial charge in [-0.15, -0.1) is 0 Å². The zero-order chi connectivity index (χ0) is 16.6. The van der Waals surface area contributed by atoms with Crippen molar-refractivity contribution in [1.29, 1.82) is 0 Å². The van der Waals surface area contributed by atoms with Crippen molar-refractivity contribution in [2.45, 2.75) is 29.2 Å². The van der Waals surface area contributed by atoms with Gasteiger partial charge in [0.15, 0.2) is 19.7 Å². The van der Waals surface area contributed by atoms with E-state index in [1.807, 2.05) is 0 Å². The molecule has 0 heterocycles. The summed E-state index contributed by atoms with van der Waals surface area (Å²) in [5, 5.41) is 11.7. The summed E-state index contributed by atoms with van der Waals surface area (Å²) in [6.45, 7) is 2.73. The normalized spacial score (nSPS) is 13.0. The molecular weight excluding hydrogens is 318 g/mol. The second-order valence-electron chi connectivity index (χ2n) is 5.26. The highest BCUT2D eigenvalue weighted by Crippen LogP contribution is 2.27. The van der Waals surface area contributed by atoms with Crippen molar-refractivity contribution in [1.82, 2.24) is 0 Å². The van der Waals surface area contributed by atoms with Crippen LogP contribution in [0.3, 0.4) is 0 Å². The number of carboxylic acids is 1. The summed E-state index contributed by atoms with van der Waals surface area (Å²) >= 11 is 0. The van der Waals surface area contributed by atoms with Gasteiger partial charge in [-0.1, -0.05) is 0 Å². The van der Waals surface area contributed by atoms with Crippen LogP contribution in [0.1, 0.15) is 13.8 Å². The number of carbonyl (C=O) groups is 1. The third-order valence-electron chi connectivity index (χ3n) is 2.76. The first-order valence-corrected chi connectivity index (χ1v) is 9.59. The molecule has 0 saturated heterocycles. The molecule has 21 heavy (non-hydrogen) atoms. The van der Waals surface area contributed by atoms with Crippen LogP contribution in [-0.4, -0.2) is 46.0 Å². The Labute approximate surface area is 123 Å². The van der Waals surface area contributed by atoms with Gasteiger partial charge in [0.2, 0.25) is 0 Å². The summed E-state index contributed by atoms with van der Waals surface area (Å²) in [7, 11) is -7.31. The third-order valence-corrected chi connectivity index (χ3v) is 5.01. The number of anilines is 1. The maximum atomic E-state index is 11.8. The Morgan fingerprint density at radius 1 is 1.10 bits per heavy atom. The van der Waals surface area contributed by atoms with E-state index in [1.54, 1.807) is 0 Å². The van der Waals surface area contributed by atoms with Crippen molar-refractivity contribution >= 4 is 31.3 Å². The topological polar surface area (TPSA) is 118 Å². The minimum atomic E-state index is -3.73. The van der Waals surface area contributed by atoms with Crippen molar-refractivity contribution in [3.63, 3.8) is 0 Å². The van der Waals surface area contributed by atoms with Gasteiger partial charge in [0, 0.05) is 12.5 Å². The van der Waals surface area contributed by atoms with E-state index in [4.69, 9.17) is 5.11 Å². The lowest BCUT2D eigenvalue weighted by atomic mass is 10.1. The molecular formula is C12H17NO6S2. The second kappa shape index (κ2) is 5.30. The van der Waals surface area contributed by atoms with Gasteiger partial charge in [-0.25, -0.2) is 21.6 Å². The fourth-order valence-corrected chi connectivity index (χ4v) is 3.11. The molecule has 0 unspecified atom stereocenters. The lowest BCUT2D eigenvalue weighted by molar-refractivity contribution is -0.141. The first-order chi connectivity index (χ1) is 9.25. The van der Waals surface area contributed by atoms with Crippen LogP contribution in [0.2, 0.25) is 0 Å². The van der Waals surface area contributed by atoms with Crippen molar-refractivity contribution in [2.75, 3.05) is 17.8 Å². The summed E-state index contributed by atoms with van der Waals surface area (Å²) in [6, 6.07) is 3.49. The second-order valence-corrected chi connectivity index (χ2v) is 9.26. The lowest BCUT2D eigenvalue weighted by Crippen LogP contribution is -2.40. The van der Waals surface area contributed by atoms with Crippen LogP contribution in [0.5, 0.6) is 0 Å². The first-order valence-electron chi connectivity index (χ1n) is 5.81. The standard InChI is InChI=1S/C12H17NO6S2/c1-12(2,11(14)15)13-9-6-5-8(20(3,16)17)7-10(9)21(4,18)19/h5-7,13H,1-4H3,(H,14,15). The maximum absolute atomic E-state index is 11.8. The molecule has 0 atom stereocenters. The van der Waals surface area contributed by atoms with Crippen LogP contribution in [-0.2, 0) is 24.5 Å². The minimum absolute atomic E-state index is 0.0392. The van der Waals surface area contributed by atoms with Crippen LogP contribution in [0.25, 0.3) is 0 Å². The Kier molecular flexibility index (Phi) is 4.40. The Bertz CT molecular complexity index is 778. The van der Waals surface area contributed by atoms with E-state index in [1.165, 1.54) is 26.0 Å². The van der Waals surface area contributed by atoms with Gasteiger partial charge in [-0.3, -0.25) is 0 Å². The number of rotatable bonds is 5. The summed E-state index contributed by atoms with van der Waals surface area (Å²) in [5.74, 6) is -1.17. The van der Waals surface area contributed by atoms with Gasteiger partial charge in [-0.05, 0) is 32.0 Å². The molecule has 0 fully saturated rings. The molecule has 0 aliphatic carbocycles. The van der Waals surface area contributed by atoms with Crippen molar-refractivity contribution in [3.05, 3.63) is 18.2 Å². The summed E-state index contributed by atoms with van der Waals surface area (Å²) in [4.78, 5) is 10.7. The maximum Gasteiger partial charge on any atom is 0.328 e. The van der Waals surface area contributed by atoms with E-state index in [0.717, 1.165) is 18.6 Å². The van der Waals surface area contributed by atoms with Gasteiger partial charge >= 0.3 is 5.97 Å². The molecule has 1 aromatic rings. The average Bonchev–Trinajstić information content (AvgIpc) is 2.25. The predicted molar refractivity (Wildman–Crippen MR) is 78.0 cm³/mol. The number of hydrogen-bond acceptors (Lipinski definition) is 6. The predicted octanol–water partition coefficient (Wildman–Crippen LogP) is 0.769. The van der Waals surface area contributed by atoms with Crippen LogP contribution in [0, 0.1) is 0 Å². The Morgan fingerprint density at radius 2 is 1.62 bits per heavy atom. The first kappa shape index (κ1) is 17.4. The SMILES string of the molecule is CC(C)(Nc1ccc(S(C)(=O)=O)cc1S(C)(=O)=O)C(=O)O. The number of carboxylic acid groups (broad SMARTS) is 1. The Morgan fingerprint density at radius 3 is 2.00 bits per heavy atom. The van der Waals surface area contributed by atoms with E-state index < -0.39 is 31.2 Å². The molecule has 0 aromatic heterocycles. The molecule has 0 radical (unpaired) electrons. The molecule has 9 heteroatoms. The minimum Gasteiger partial charge on any atom is -0.480 e. The largest absolute Gasteiger partial charge is 0.480 e. The fraction of sp³-hybridized carbons (Fsp3) is 0.417. The van der Waals surface area contributed by atoms with Gasteiger partial charge < -0.3 is 10.4 Å². The van der Waals surface area contributed by atoms with Gasteiger partial charge in [0.1, 0.15) is 5.54 Å². The summed E-state index contributed by atoms with van der Waals surface area (Å²) in [6.07, 6.45) is 1.88. The van der Waals surface area contributed by atoms with E-state index >= 15 is 0 Å². The van der Waals surface area contributed by atoms with Gasteiger partial charge in [-0.2, -0.15) is 0 Å². The highest BCUT2D eigenvalue weighted by molar-refractivity contribution is 7.91. The molecule has 1 aromatic carbocycles. The fourth-order valence-electron chi connectivity index (χ4n) is 1.53. The highest BCUT2D eigenvalue weighted by Gasteiger charge is 2.29. The number of aliphatic carboxylic acids is 1. The smallest absolute Gasteiger partial charge is 0.328 e. The van der Waals surface area contributed by atoms with Crippen LogP contribution >= 0.6 is 0 Å². The monoisotopic (exact) mass is 335 g/mol. The summed E-state index contributed by atoms with van der Waals surface area (Å²) in [5.41, 5.74) is -1.37. The molecule has 1 rings (SSSR count). The van der Waals surface area contributed by atoms with Crippen molar-refractivity contribution in [3.8, 4) is 0 Å². The van der Waals surface area contributed by atoms with Crippen molar-refractivity contribution < 1.29 is 26.7 Å². The molecule has 0 amide bonds. The number of sulfone groups is 2. The summed E-state index contributed by atoms with van der Waals surface area (Å²) < 4.78 is 46.6. The molecule has 0 aliphatic rings. The lowest BCUT2D eigenvalue weighted by Gasteiger charge is -2.24. The Hall–Kier alpha value is -1.61. The van der Waals surface area contributed by atoms with E-state index in [9.17, 15) is 21.6 Å². The quantitative estimate of drug-likeness (QED) is 0.816. The van der Waals surface area contributed by atoms with Gasteiger partial charge in [0.25, 0.3) is 0 Å². The third kappa shape index (κ3) is 4.18.